The normalized spacial score (nSPS) is 24.9. The number of para-hydroxylation sites is 1. The van der Waals surface area contributed by atoms with Gasteiger partial charge in [-0.3, -0.25) is 29.5 Å². The van der Waals surface area contributed by atoms with Gasteiger partial charge >= 0.3 is 0 Å². The lowest BCUT2D eigenvalue weighted by molar-refractivity contribution is -0.138. The molecule has 3 N–H and O–H groups in total. The van der Waals surface area contributed by atoms with Crippen LogP contribution in [0.4, 0.5) is 27.1 Å². The molecular weight excluding hydrogens is 782 g/mol. The number of phenolic OH excluding ortho intramolecular Hbond substituents is 1. The van der Waals surface area contributed by atoms with Gasteiger partial charge < -0.3 is 15.2 Å². The lowest BCUT2D eigenvalue weighted by atomic mass is 9.49. The smallest absolute Gasteiger partial charge is 0.260 e. The van der Waals surface area contributed by atoms with Crippen molar-refractivity contribution in [3.05, 3.63) is 154 Å². The first-order valence-corrected chi connectivity index (χ1v) is 19.5. The van der Waals surface area contributed by atoms with Gasteiger partial charge in [0.15, 0.2) is 11.5 Å². The summed E-state index contributed by atoms with van der Waals surface area (Å²) in [4.78, 5) is 60.6. The highest BCUT2D eigenvalue weighted by Crippen LogP contribution is 2.65. The van der Waals surface area contributed by atoms with Crippen LogP contribution in [-0.4, -0.2) is 40.9 Å². The molecular formula is C45H35Cl2FN4O6. The molecule has 0 aromatic heterocycles. The van der Waals surface area contributed by atoms with Gasteiger partial charge in [-0.1, -0.05) is 65.2 Å². The predicted octanol–water partition coefficient (Wildman–Crippen LogP) is 8.78. The Balaban J connectivity index is 1.17. The second-order valence-corrected chi connectivity index (χ2v) is 15.8. The summed E-state index contributed by atoms with van der Waals surface area (Å²) < 4.78 is 19.5. The number of halogens is 3. The van der Waals surface area contributed by atoms with Crippen molar-refractivity contribution in [2.24, 2.45) is 23.7 Å². The number of benzene rings is 5. The van der Waals surface area contributed by atoms with Crippen LogP contribution in [0.25, 0.3) is 0 Å². The molecule has 292 valence electrons. The zero-order valence-corrected chi connectivity index (χ0v) is 32.4. The molecule has 0 spiro atoms. The fourth-order valence-electron chi connectivity index (χ4n) is 9.58. The second-order valence-electron chi connectivity index (χ2n) is 15.0. The Morgan fingerprint density at radius 2 is 1.47 bits per heavy atom. The quantitative estimate of drug-likeness (QED) is 0.105. The summed E-state index contributed by atoms with van der Waals surface area (Å²) in [7, 11) is 1.38. The zero-order valence-electron chi connectivity index (χ0n) is 30.9. The Morgan fingerprint density at radius 3 is 2.16 bits per heavy atom. The number of nitrogens with one attached hydrogen (secondary N) is 2. The van der Waals surface area contributed by atoms with Gasteiger partial charge in [0.2, 0.25) is 11.8 Å². The standard InChI is InChI=1S/C45H35Cl2FN4O6/c1-58-37-22-24(21-36(47)40(37)53)39-32-19-20-33-38(43(56)51(41(33)54)31-17-15-29(16-18-31)49-28-5-3-2-4-6-28)34(32)23-35-42(55)52(50-30-13-11-27(48)12-14-30)44(57)45(35,39)25-7-9-26(46)10-8-25/h2-19,21-22,33-35,38-39,49-50,53H,20,23H2,1H3. The Labute approximate surface area is 342 Å². The van der Waals surface area contributed by atoms with Gasteiger partial charge in [-0.2, -0.15) is 5.01 Å². The molecule has 4 amide bonds. The third-order valence-electron chi connectivity index (χ3n) is 12.0. The van der Waals surface area contributed by atoms with Crippen LogP contribution >= 0.6 is 23.2 Å². The first-order chi connectivity index (χ1) is 28.0. The molecule has 6 unspecified atom stereocenters. The summed E-state index contributed by atoms with van der Waals surface area (Å²) in [5.74, 6) is -6.90. The lowest BCUT2D eigenvalue weighted by Gasteiger charge is -2.50. The Kier molecular flexibility index (Phi) is 9.25. The number of hydrogen-bond acceptors (Lipinski definition) is 8. The number of aromatic hydroxyl groups is 1. The fourth-order valence-corrected chi connectivity index (χ4v) is 9.93. The molecule has 2 saturated heterocycles. The zero-order chi connectivity index (χ0) is 40.5. The van der Waals surface area contributed by atoms with Crippen molar-refractivity contribution >= 4 is 69.6 Å². The van der Waals surface area contributed by atoms with E-state index in [0.717, 1.165) is 16.4 Å². The van der Waals surface area contributed by atoms with Crippen LogP contribution in [0.3, 0.4) is 0 Å². The van der Waals surface area contributed by atoms with E-state index in [1.54, 1.807) is 60.7 Å². The number of imide groups is 2. The number of phenols is 1. The highest BCUT2D eigenvalue weighted by molar-refractivity contribution is 6.32. The second kappa shape index (κ2) is 14.3. The number of hydrazine groups is 1. The van der Waals surface area contributed by atoms with Crippen molar-refractivity contribution in [3.8, 4) is 11.5 Å². The molecule has 58 heavy (non-hydrogen) atoms. The number of methoxy groups -OCH3 is 1. The maximum atomic E-state index is 15.4. The van der Waals surface area contributed by atoms with Gasteiger partial charge in [-0.15, -0.1) is 0 Å². The van der Waals surface area contributed by atoms with Crippen LogP contribution in [-0.2, 0) is 24.6 Å². The van der Waals surface area contributed by atoms with Crippen LogP contribution in [0.15, 0.2) is 127 Å². The number of allylic oxidation sites excluding steroid dienone is 2. The van der Waals surface area contributed by atoms with Crippen molar-refractivity contribution in [3.63, 3.8) is 0 Å². The molecule has 6 atom stereocenters. The van der Waals surface area contributed by atoms with Gasteiger partial charge in [0.05, 0.1) is 46.7 Å². The van der Waals surface area contributed by atoms with Crippen LogP contribution in [0.2, 0.25) is 10.0 Å². The largest absolute Gasteiger partial charge is 0.503 e. The number of anilines is 4. The molecule has 2 aliphatic heterocycles. The minimum Gasteiger partial charge on any atom is -0.503 e. The van der Waals surface area contributed by atoms with Gasteiger partial charge in [0.25, 0.3) is 11.8 Å². The molecule has 5 aromatic carbocycles. The lowest BCUT2D eigenvalue weighted by Crippen LogP contribution is -2.53. The van der Waals surface area contributed by atoms with Crippen molar-refractivity contribution < 1.29 is 33.4 Å². The summed E-state index contributed by atoms with van der Waals surface area (Å²) >= 11 is 13.0. The van der Waals surface area contributed by atoms with E-state index in [0.29, 0.717) is 33.1 Å². The van der Waals surface area contributed by atoms with Crippen molar-refractivity contribution in [2.45, 2.75) is 24.2 Å². The van der Waals surface area contributed by atoms with Crippen LogP contribution in [0, 0.1) is 29.5 Å². The third kappa shape index (κ3) is 5.82. The van der Waals surface area contributed by atoms with Crippen molar-refractivity contribution in [1.82, 2.24) is 5.01 Å². The summed E-state index contributed by atoms with van der Waals surface area (Å²) in [6.45, 7) is 0. The number of rotatable bonds is 8. The number of hydrogen-bond donors (Lipinski definition) is 3. The number of fused-ring (bicyclic) bond motifs is 4. The maximum absolute atomic E-state index is 15.4. The molecule has 0 radical (unpaired) electrons. The SMILES string of the molecule is COc1cc(C2C3=CCC4C(=O)N(c5ccc(Nc6ccccc6)cc5)C(=O)C4C3CC3C(=O)N(Nc4ccc(F)cc4)C(=O)C32c2ccc(Cl)cc2)cc(Cl)c1O. The molecule has 13 heteroatoms. The van der Waals surface area contributed by atoms with Gasteiger partial charge in [-0.05, 0) is 115 Å². The van der Waals surface area contributed by atoms with Gasteiger partial charge in [0, 0.05) is 22.3 Å². The van der Waals surface area contributed by atoms with E-state index >= 15 is 4.79 Å². The predicted molar refractivity (Wildman–Crippen MR) is 217 cm³/mol. The van der Waals surface area contributed by atoms with E-state index in [2.05, 4.69) is 10.7 Å². The van der Waals surface area contributed by atoms with Crippen molar-refractivity contribution in [2.75, 3.05) is 22.8 Å². The molecule has 10 nitrogen and oxygen atoms in total. The Morgan fingerprint density at radius 1 is 0.793 bits per heavy atom. The number of amides is 4. The molecule has 1 saturated carbocycles. The minimum atomic E-state index is -1.64. The average Bonchev–Trinajstić information content (AvgIpc) is 3.61. The van der Waals surface area contributed by atoms with E-state index in [9.17, 15) is 23.9 Å². The molecule has 0 bridgehead atoms. The van der Waals surface area contributed by atoms with Crippen molar-refractivity contribution in [1.29, 1.82) is 0 Å². The topological polar surface area (TPSA) is 128 Å². The van der Waals surface area contributed by atoms with Gasteiger partial charge in [-0.25, -0.2) is 4.39 Å². The highest BCUT2D eigenvalue weighted by atomic mass is 35.5. The van der Waals surface area contributed by atoms with E-state index in [1.165, 1.54) is 36.3 Å². The molecule has 2 heterocycles. The third-order valence-corrected chi connectivity index (χ3v) is 12.6. The van der Waals surface area contributed by atoms with E-state index in [-0.39, 0.29) is 35.3 Å². The molecule has 4 aliphatic rings. The Bertz CT molecular complexity index is 2520. The summed E-state index contributed by atoms with van der Waals surface area (Å²) in [6, 6.07) is 31.8. The molecule has 9 rings (SSSR count). The molecule has 2 aliphatic carbocycles. The fraction of sp³-hybridized carbons (Fsp3) is 0.200. The summed E-state index contributed by atoms with van der Waals surface area (Å²) in [5.41, 5.74) is 5.30. The molecule has 5 aromatic rings. The Hall–Kier alpha value is -6.17. The van der Waals surface area contributed by atoms with Crippen LogP contribution in [0.5, 0.6) is 11.5 Å². The first-order valence-electron chi connectivity index (χ1n) is 18.7. The minimum absolute atomic E-state index is 0.0447. The number of nitrogens with zero attached hydrogens (tertiary/aromatic N) is 2. The number of carbonyl (C=O) groups is 4. The number of ether oxygens (including phenoxy) is 1. The monoisotopic (exact) mass is 816 g/mol. The first kappa shape index (κ1) is 37.4. The summed E-state index contributed by atoms with van der Waals surface area (Å²) in [6.07, 6.45) is 2.17. The van der Waals surface area contributed by atoms with Gasteiger partial charge in [0.1, 0.15) is 5.82 Å². The molecule has 3 fully saturated rings. The van der Waals surface area contributed by atoms with E-state index in [4.69, 9.17) is 27.9 Å². The average molecular weight is 818 g/mol. The van der Waals surface area contributed by atoms with E-state index < -0.39 is 58.5 Å². The van der Waals surface area contributed by atoms with Crippen LogP contribution < -0.4 is 20.4 Å². The van der Waals surface area contributed by atoms with E-state index in [1.807, 2.05) is 36.4 Å². The van der Waals surface area contributed by atoms with Crippen LogP contribution in [0.1, 0.15) is 29.9 Å². The number of carbonyl (C=O) groups excluding carboxylic acids is 4. The summed E-state index contributed by atoms with van der Waals surface area (Å²) in [5, 5.41) is 15.5. The maximum Gasteiger partial charge on any atom is 0.260 e. The highest BCUT2D eigenvalue weighted by Gasteiger charge is 2.70.